The smallest absolute Gasteiger partial charge is 0.405 e. The van der Waals surface area contributed by atoms with Crippen molar-refractivity contribution in [2.75, 3.05) is 0 Å². The predicted octanol–water partition coefficient (Wildman–Crippen LogP) is 2.32. The third-order valence-corrected chi connectivity index (χ3v) is 2.30. The first-order chi connectivity index (χ1) is 8.87. The van der Waals surface area contributed by atoms with E-state index < -0.39 is 12.4 Å². The Bertz CT molecular complexity index is 568. The van der Waals surface area contributed by atoms with Gasteiger partial charge in [0.25, 0.3) is 0 Å². The molecule has 0 radical (unpaired) electrons. The molecule has 0 aliphatic heterocycles. The number of hydrogen-bond donors (Lipinski definition) is 1. The topological polar surface area (TPSA) is 74.2 Å². The van der Waals surface area contributed by atoms with Crippen LogP contribution in [0.1, 0.15) is 23.3 Å². The van der Waals surface area contributed by atoms with E-state index in [9.17, 15) is 13.2 Å². The van der Waals surface area contributed by atoms with Gasteiger partial charge >= 0.3 is 6.36 Å². The van der Waals surface area contributed by atoms with Crippen molar-refractivity contribution in [1.29, 1.82) is 0 Å². The second kappa shape index (κ2) is 4.88. The number of halogens is 3. The van der Waals surface area contributed by atoms with Gasteiger partial charge in [-0.15, -0.1) is 13.2 Å². The lowest BCUT2D eigenvalue weighted by Gasteiger charge is -2.15. The van der Waals surface area contributed by atoms with Crippen molar-refractivity contribution < 1.29 is 22.4 Å². The van der Waals surface area contributed by atoms with Crippen molar-refractivity contribution in [3.05, 3.63) is 41.5 Å². The molecule has 0 saturated heterocycles. The predicted molar refractivity (Wildman–Crippen MR) is 58.2 cm³/mol. The number of nitrogens with zero attached hydrogens (tertiary/aromatic N) is 2. The fourth-order valence-corrected chi connectivity index (χ4v) is 1.54. The van der Waals surface area contributed by atoms with Crippen LogP contribution >= 0.6 is 0 Å². The zero-order chi connectivity index (χ0) is 14.0. The average Bonchev–Trinajstić information content (AvgIpc) is 2.74. The van der Waals surface area contributed by atoms with Gasteiger partial charge < -0.3 is 15.0 Å². The van der Waals surface area contributed by atoms with Gasteiger partial charge in [-0.3, -0.25) is 0 Å². The molecule has 0 saturated carbocycles. The molecule has 1 aromatic heterocycles. The number of alkyl halides is 3. The molecule has 1 atom stereocenters. The van der Waals surface area contributed by atoms with Crippen LogP contribution in [0.15, 0.2) is 28.8 Å². The molecule has 1 heterocycles. The summed E-state index contributed by atoms with van der Waals surface area (Å²) in [5.41, 5.74) is 5.94. The molecule has 0 spiro atoms. The Hall–Kier alpha value is -2.09. The number of aromatic nitrogens is 2. The van der Waals surface area contributed by atoms with Gasteiger partial charge in [-0.25, -0.2) is 0 Å². The van der Waals surface area contributed by atoms with Gasteiger partial charge in [-0.1, -0.05) is 23.4 Å². The molecule has 0 aliphatic carbocycles. The maximum Gasteiger partial charge on any atom is 0.573 e. The molecule has 0 fully saturated rings. The monoisotopic (exact) mass is 273 g/mol. The number of para-hydroxylation sites is 1. The van der Waals surface area contributed by atoms with E-state index >= 15 is 0 Å². The van der Waals surface area contributed by atoms with E-state index in [0.29, 0.717) is 0 Å². The van der Waals surface area contributed by atoms with Gasteiger partial charge in [0.15, 0.2) is 5.82 Å². The van der Waals surface area contributed by atoms with Crippen molar-refractivity contribution >= 4 is 0 Å². The summed E-state index contributed by atoms with van der Waals surface area (Å²) in [6, 6.07) is 4.59. The van der Waals surface area contributed by atoms with E-state index in [1.807, 2.05) is 0 Å². The molecular formula is C11H10F3N3O2. The Morgan fingerprint density at radius 2 is 2.00 bits per heavy atom. The first kappa shape index (κ1) is 13.3. The SMILES string of the molecule is Cc1nc(C(N)c2ccccc2OC(F)(F)F)no1. The van der Waals surface area contributed by atoms with E-state index in [-0.39, 0.29) is 23.0 Å². The van der Waals surface area contributed by atoms with E-state index in [4.69, 9.17) is 10.3 Å². The second-order valence-electron chi connectivity index (χ2n) is 3.73. The molecule has 2 rings (SSSR count). The van der Waals surface area contributed by atoms with Gasteiger partial charge in [-0.05, 0) is 6.07 Å². The van der Waals surface area contributed by atoms with Crippen molar-refractivity contribution in [3.63, 3.8) is 0 Å². The van der Waals surface area contributed by atoms with Gasteiger partial charge in [0.2, 0.25) is 5.89 Å². The van der Waals surface area contributed by atoms with Gasteiger partial charge in [0.05, 0.1) is 6.04 Å². The Kier molecular flexibility index (Phi) is 3.43. The summed E-state index contributed by atoms with van der Waals surface area (Å²) in [6.45, 7) is 1.56. The minimum Gasteiger partial charge on any atom is -0.405 e. The highest BCUT2D eigenvalue weighted by atomic mass is 19.4. The number of rotatable bonds is 3. The van der Waals surface area contributed by atoms with Crippen LogP contribution < -0.4 is 10.5 Å². The van der Waals surface area contributed by atoms with Crippen molar-refractivity contribution in [2.24, 2.45) is 5.73 Å². The zero-order valence-corrected chi connectivity index (χ0v) is 9.81. The van der Waals surface area contributed by atoms with Crippen LogP contribution in [0.5, 0.6) is 5.75 Å². The summed E-state index contributed by atoms with van der Waals surface area (Å²) in [5, 5.41) is 3.58. The molecule has 1 aromatic carbocycles. The van der Waals surface area contributed by atoms with Crippen molar-refractivity contribution in [1.82, 2.24) is 10.1 Å². The lowest BCUT2D eigenvalue weighted by Crippen LogP contribution is -2.21. The zero-order valence-electron chi connectivity index (χ0n) is 9.81. The quantitative estimate of drug-likeness (QED) is 0.928. The van der Waals surface area contributed by atoms with Crippen LogP contribution in [0.2, 0.25) is 0 Å². The van der Waals surface area contributed by atoms with E-state index in [0.717, 1.165) is 0 Å². The molecule has 102 valence electrons. The third kappa shape index (κ3) is 3.22. The highest BCUT2D eigenvalue weighted by molar-refractivity contribution is 5.38. The Morgan fingerprint density at radius 3 is 2.58 bits per heavy atom. The summed E-state index contributed by atoms with van der Waals surface area (Å²) in [5.74, 6) is -0.0136. The van der Waals surface area contributed by atoms with Crippen LogP contribution in [-0.2, 0) is 0 Å². The largest absolute Gasteiger partial charge is 0.573 e. The highest BCUT2D eigenvalue weighted by Crippen LogP contribution is 2.31. The maximum absolute atomic E-state index is 12.3. The number of aryl methyl sites for hydroxylation is 1. The molecule has 0 amide bonds. The number of nitrogens with two attached hydrogens (primary N) is 1. The molecule has 2 N–H and O–H groups in total. The normalized spacial score (nSPS) is 13.3. The fourth-order valence-electron chi connectivity index (χ4n) is 1.54. The van der Waals surface area contributed by atoms with Crippen LogP contribution in [0.4, 0.5) is 13.2 Å². The molecule has 8 heteroatoms. The first-order valence-corrected chi connectivity index (χ1v) is 5.27. The van der Waals surface area contributed by atoms with Crippen molar-refractivity contribution in [2.45, 2.75) is 19.3 Å². The molecule has 1 unspecified atom stereocenters. The van der Waals surface area contributed by atoms with Crippen LogP contribution in [0.25, 0.3) is 0 Å². The minimum absolute atomic E-state index is 0.0933. The molecule has 0 aliphatic rings. The Balaban J connectivity index is 2.34. The molecule has 0 bridgehead atoms. The van der Waals surface area contributed by atoms with Crippen LogP contribution in [0, 0.1) is 6.92 Å². The summed E-state index contributed by atoms with van der Waals surface area (Å²) in [7, 11) is 0. The van der Waals surface area contributed by atoms with E-state index in [2.05, 4.69) is 14.9 Å². The minimum atomic E-state index is -4.79. The Labute approximate surface area is 106 Å². The lowest BCUT2D eigenvalue weighted by molar-refractivity contribution is -0.274. The highest BCUT2D eigenvalue weighted by Gasteiger charge is 2.33. The summed E-state index contributed by atoms with van der Waals surface area (Å²) in [6.07, 6.45) is -4.79. The lowest BCUT2D eigenvalue weighted by atomic mass is 10.1. The van der Waals surface area contributed by atoms with E-state index in [1.165, 1.54) is 18.2 Å². The second-order valence-corrected chi connectivity index (χ2v) is 3.73. The standard InChI is InChI=1S/C11H10F3N3O2/c1-6-16-10(17-19-6)9(15)7-4-2-3-5-8(7)18-11(12,13)14/h2-5,9H,15H2,1H3. The van der Waals surface area contributed by atoms with Crippen LogP contribution in [0.3, 0.4) is 0 Å². The molecular weight excluding hydrogens is 263 g/mol. The third-order valence-electron chi connectivity index (χ3n) is 2.30. The summed E-state index contributed by atoms with van der Waals surface area (Å²) >= 11 is 0. The Morgan fingerprint density at radius 1 is 1.32 bits per heavy atom. The average molecular weight is 273 g/mol. The van der Waals surface area contributed by atoms with Gasteiger partial charge in [-0.2, -0.15) is 4.98 Å². The van der Waals surface area contributed by atoms with Crippen LogP contribution in [-0.4, -0.2) is 16.5 Å². The van der Waals surface area contributed by atoms with Gasteiger partial charge in [0.1, 0.15) is 5.75 Å². The summed E-state index contributed by atoms with van der Waals surface area (Å²) < 4.78 is 45.5. The fraction of sp³-hybridized carbons (Fsp3) is 0.273. The number of ether oxygens (including phenoxy) is 1. The maximum atomic E-state index is 12.3. The van der Waals surface area contributed by atoms with E-state index in [1.54, 1.807) is 13.0 Å². The number of hydrogen-bond acceptors (Lipinski definition) is 5. The molecule has 5 nitrogen and oxygen atoms in total. The summed E-state index contributed by atoms with van der Waals surface area (Å²) in [4.78, 5) is 3.88. The number of benzene rings is 1. The van der Waals surface area contributed by atoms with Gasteiger partial charge in [0, 0.05) is 12.5 Å². The molecule has 19 heavy (non-hydrogen) atoms. The molecule has 2 aromatic rings. The first-order valence-electron chi connectivity index (χ1n) is 5.27. The van der Waals surface area contributed by atoms with Crippen molar-refractivity contribution in [3.8, 4) is 5.75 Å².